The third kappa shape index (κ3) is 3.79. The molecule has 1 atom stereocenters. The number of nitrogens with zero attached hydrogens (tertiary/aromatic N) is 2. The van der Waals surface area contributed by atoms with Crippen LogP contribution in [0, 0.1) is 5.92 Å². The van der Waals surface area contributed by atoms with Gasteiger partial charge in [-0.25, -0.2) is 4.98 Å². The first kappa shape index (κ1) is 12.4. The SMILES string of the molecule is CCCN(CC(C)C)c1ncccc1P. The van der Waals surface area contributed by atoms with Gasteiger partial charge in [-0.15, -0.1) is 9.24 Å². The summed E-state index contributed by atoms with van der Waals surface area (Å²) in [6.45, 7) is 8.85. The fourth-order valence-corrected chi connectivity index (χ4v) is 2.04. The van der Waals surface area contributed by atoms with Gasteiger partial charge in [-0.1, -0.05) is 20.8 Å². The lowest BCUT2D eigenvalue weighted by Gasteiger charge is -2.26. The smallest absolute Gasteiger partial charge is 0.135 e. The molecule has 1 unspecified atom stereocenters. The second-order valence-corrected chi connectivity index (χ2v) is 4.88. The molecule has 0 spiro atoms. The predicted octanol–water partition coefficient (Wildman–Crippen LogP) is 2.45. The van der Waals surface area contributed by atoms with Crippen LogP contribution >= 0.6 is 9.24 Å². The lowest BCUT2D eigenvalue weighted by molar-refractivity contribution is 0.602. The van der Waals surface area contributed by atoms with Crippen LogP contribution in [0.1, 0.15) is 27.2 Å². The summed E-state index contributed by atoms with van der Waals surface area (Å²) in [6.07, 6.45) is 3.03. The Kier molecular flexibility index (Phi) is 5.04. The molecule has 0 N–H and O–H groups in total. The molecule has 0 saturated heterocycles. The molecule has 0 radical (unpaired) electrons. The van der Waals surface area contributed by atoms with E-state index in [1.54, 1.807) is 0 Å². The highest BCUT2D eigenvalue weighted by molar-refractivity contribution is 7.28. The molecule has 1 heterocycles. The highest BCUT2D eigenvalue weighted by Crippen LogP contribution is 2.12. The number of hydrogen-bond acceptors (Lipinski definition) is 2. The molecule has 1 rings (SSSR count). The summed E-state index contributed by atoms with van der Waals surface area (Å²) in [5, 5.41) is 1.19. The molecule has 2 nitrogen and oxygen atoms in total. The van der Waals surface area contributed by atoms with Gasteiger partial charge < -0.3 is 4.90 Å². The van der Waals surface area contributed by atoms with Gasteiger partial charge in [0.2, 0.25) is 0 Å². The molecular weight excluding hydrogens is 203 g/mol. The summed E-state index contributed by atoms with van der Waals surface area (Å²) < 4.78 is 0. The average molecular weight is 224 g/mol. The number of anilines is 1. The first-order valence-corrected chi connectivity index (χ1v) is 6.18. The monoisotopic (exact) mass is 224 g/mol. The van der Waals surface area contributed by atoms with E-state index in [4.69, 9.17) is 0 Å². The highest BCUT2D eigenvalue weighted by atomic mass is 31.0. The Morgan fingerprint density at radius 3 is 2.73 bits per heavy atom. The Morgan fingerprint density at radius 2 is 2.20 bits per heavy atom. The van der Waals surface area contributed by atoms with E-state index in [0.717, 1.165) is 25.3 Å². The third-order valence-corrected chi connectivity index (χ3v) is 2.65. The van der Waals surface area contributed by atoms with Crippen molar-refractivity contribution < 1.29 is 0 Å². The van der Waals surface area contributed by atoms with Gasteiger partial charge in [0.05, 0.1) is 0 Å². The summed E-state index contributed by atoms with van der Waals surface area (Å²) in [5.74, 6) is 1.78. The molecule has 0 aliphatic carbocycles. The number of rotatable bonds is 5. The topological polar surface area (TPSA) is 16.1 Å². The number of pyridine rings is 1. The van der Waals surface area contributed by atoms with Crippen LogP contribution in [-0.4, -0.2) is 18.1 Å². The van der Waals surface area contributed by atoms with E-state index >= 15 is 0 Å². The van der Waals surface area contributed by atoms with Crippen molar-refractivity contribution in [2.24, 2.45) is 5.92 Å². The summed E-state index contributed by atoms with van der Waals surface area (Å²) in [7, 11) is 2.76. The summed E-state index contributed by atoms with van der Waals surface area (Å²) in [4.78, 5) is 6.82. The van der Waals surface area contributed by atoms with Gasteiger partial charge in [0.15, 0.2) is 0 Å². The minimum absolute atomic E-state index is 0.669. The molecule has 0 bridgehead atoms. The highest BCUT2D eigenvalue weighted by Gasteiger charge is 2.10. The molecule has 15 heavy (non-hydrogen) atoms. The fraction of sp³-hybridized carbons (Fsp3) is 0.583. The van der Waals surface area contributed by atoms with E-state index in [9.17, 15) is 0 Å². The maximum atomic E-state index is 4.46. The molecule has 0 fully saturated rings. The largest absolute Gasteiger partial charge is 0.356 e. The molecule has 0 aliphatic rings. The van der Waals surface area contributed by atoms with Crippen molar-refractivity contribution in [3.8, 4) is 0 Å². The molecular formula is C12H21N2P. The summed E-state index contributed by atoms with van der Waals surface area (Å²) >= 11 is 0. The number of hydrogen-bond donors (Lipinski definition) is 0. The Bertz CT molecular complexity index is 299. The van der Waals surface area contributed by atoms with E-state index in [1.165, 1.54) is 5.30 Å². The summed E-state index contributed by atoms with van der Waals surface area (Å²) in [6, 6.07) is 4.07. The second-order valence-electron chi connectivity index (χ2n) is 4.26. The van der Waals surface area contributed by atoms with Crippen molar-refractivity contribution in [3.05, 3.63) is 18.3 Å². The lowest BCUT2D eigenvalue weighted by atomic mass is 10.2. The molecule has 0 aliphatic heterocycles. The van der Waals surface area contributed by atoms with Crippen LogP contribution in [-0.2, 0) is 0 Å². The Morgan fingerprint density at radius 1 is 1.47 bits per heavy atom. The van der Waals surface area contributed by atoms with Gasteiger partial charge in [0, 0.05) is 24.6 Å². The Labute approximate surface area is 95.3 Å². The zero-order chi connectivity index (χ0) is 11.3. The minimum Gasteiger partial charge on any atom is -0.356 e. The van der Waals surface area contributed by atoms with Crippen LogP contribution in [0.15, 0.2) is 18.3 Å². The molecule has 3 heteroatoms. The van der Waals surface area contributed by atoms with Crippen molar-refractivity contribution in [1.29, 1.82) is 0 Å². The lowest BCUT2D eigenvalue weighted by Crippen LogP contribution is -2.31. The van der Waals surface area contributed by atoms with Crippen molar-refractivity contribution >= 4 is 20.4 Å². The van der Waals surface area contributed by atoms with Crippen LogP contribution in [0.4, 0.5) is 5.82 Å². The zero-order valence-corrected chi connectivity index (χ0v) is 11.1. The van der Waals surface area contributed by atoms with Crippen LogP contribution < -0.4 is 10.2 Å². The maximum absolute atomic E-state index is 4.46. The van der Waals surface area contributed by atoms with Gasteiger partial charge in [0.1, 0.15) is 5.82 Å². The third-order valence-electron chi connectivity index (χ3n) is 2.20. The van der Waals surface area contributed by atoms with Crippen molar-refractivity contribution in [1.82, 2.24) is 4.98 Å². The minimum atomic E-state index is 0.669. The van der Waals surface area contributed by atoms with Gasteiger partial charge in [-0.3, -0.25) is 0 Å². The van der Waals surface area contributed by atoms with Crippen LogP contribution in [0.3, 0.4) is 0 Å². The van der Waals surface area contributed by atoms with Crippen molar-refractivity contribution in [2.75, 3.05) is 18.0 Å². The van der Waals surface area contributed by atoms with Crippen molar-refractivity contribution in [3.63, 3.8) is 0 Å². The standard InChI is InChI=1S/C12H21N2P/c1-4-8-14(9-10(2)3)12-11(15)6-5-7-13-12/h5-7,10H,4,8-9,15H2,1-3H3. The average Bonchev–Trinajstić information content (AvgIpc) is 2.17. The normalized spacial score (nSPS) is 10.7. The second kappa shape index (κ2) is 6.07. The van der Waals surface area contributed by atoms with Gasteiger partial charge in [0.25, 0.3) is 0 Å². The van der Waals surface area contributed by atoms with Gasteiger partial charge in [-0.05, 0) is 24.5 Å². The molecule has 0 amide bonds. The van der Waals surface area contributed by atoms with E-state index in [-0.39, 0.29) is 0 Å². The first-order chi connectivity index (χ1) is 7.15. The Hall–Kier alpha value is -0.620. The molecule has 0 saturated carbocycles. The van der Waals surface area contributed by atoms with E-state index in [0.29, 0.717) is 5.92 Å². The molecule has 84 valence electrons. The fourth-order valence-electron chi connectivity index (χ4n) is 1.67. The van der Waals surface area contributed by atoms with Crippen LogP contribution in [0.5, 0.6) is 0 Å². The molecule has 0 aromatic carbocycles. The van der Waals surface area contributed by atoms with Gasteiger partial charge in [-0.2, -0.15) is 0 Å². The number of aromatic nitrogens is 1. The quantitative estimate of drug-likeness (QED) is 0.714. The zero-order valence-electron chi connectivity index (χ0n) is 9.90. The van der Waals surface area contributed by atoms with Gasteiger partial charge >= 0.3 is 0 Å². The maximum Gasteiger partial charge on any atom is 0.135 e. The van der Waals surface area contributed by atoms with E-state index in [2.05, 4.69) is 46.0 Å². The predicted molar refractivity (Wildman–Crippen MR) is 70.9 cm³/mol. The van der Waals surface area contributed by atoms with E-state index < -0.39 is 0 Å². The molecule has 1 aromatic heterocycles. The van der Waals surface area contributed by atoms with E-state index in [1.807, 2.05) is 12.3 Å². The summed E-state index contributed by atoms with van der Waals surface area (Å²) in [5.41, 5.74) is 0. The first-order valence-electron chi connectivity index (χ1n) is 5.60. The van der Waals surface area contributed by atoms with Crippen LogP contribution in [0.2, 0.25) is 0 Å². The Balaban J connectivity index is 2.83. The molecule has 1 aromatic rings. The van der Waals surface area contributed by atoms with Crippen LogP contribution in [0.25, 0.3) is 0 Å². The van der Waals surface area contributed by atoms with Crippen molar-refractivity contribution in [2.45, 2.75) is 27.2 Å².